The van der Waals surface area contributed by atoms with Crippen molar-refractivity contribution in [2.45, 2.75) is 57.9 Å². The molecule has 5 nitrogen and oxygen atoms in total. The highest BCUT2D eigenvalue weighted by Gasteiger charge is 2.28. The number of aromatic nitrogens is 1. The summed E-state index contributed by atoms with van der Waals surface area (Å²) in [5.74, 6) is 0.906. The lowest BCUT2D eigenvalue weighted by Gasteiger charge is -2.32. The molecule has 2 heterocycles. The lowest BCUT2D eigenvalue weighted by atomic mass is 9.98. The molecule has 1 aromatic rings. The summed E-state index contributed by atoms with van der Waals surface area (Å²) in [6.45, 7) is 8.56. The van der Waals surface area contributed by atoms with Gasteiger partial charge in [-0.3, -0.25) is 0 Å². The summed E-state index contributed by atoms with van der Waals surface area (Å²) >= 11 is 7.45. The highest BCUT2D eigenvalue weighted by Crippen LogP contribution is 2.31. The van der Waals surface area contributed by atoms with Crippen molar-refractivity contribution in [3.8, 4) is 6.07 Å². The average Bonchev–Trinajstić information content (AvgIpc) is 2.95. The van der Waals surface area contributed by atoms with E-state index in [2.05, 4.69) is 4.98 Å². The Morgan fingerprint density at radius 3 is 2.52 bits per heavy atom. The van der Waals surface area contributed by atoms with Gasteiger partial charge in [-0.2, -0.15) is 5.26 Å². The van der Waals surface area contributed by atoms with E-state index in [0.29, 0.717) is 11.8 Å². The van der Waals surface area contributed by atoms with Gasteiger partial charge in [-0.25, -0.2) is 9.78 Å². The van der Waals surface area contributed by atoms with E-state index >= 15 is 0 Å². The van der Waals surface area contributed by atoms with Gasteiger partial charge in [-0.1, -0.05) is 0 Å². The summed E-state index contributed by atoms with van der Waals surface area (Å²) in [6.07, 6.45) is 1.67. The van der Waals surface area contributed by atoms with Crippen LogP contribution in [0.25, 0.3) is 0 Å². The fourth-order valence-electron chi connectivity index (χ4n) is 2.21. The molecule has 0 radical (unpaired) electrons. The first-order chi connectivity index (χ1) is 10.8. The number of likely N-dealkylation sites (tertiary alicyclic amines) is 1. The molecule has 0 N–H and O–H groups in total. The monoisotopic (exact) mass is 357 g/mol. The topological polar surface area (TPSA) is 66.2 Å². The Morgan fingerprint density at radius 1 is 1.52 bits per heavy atom. The number of hydrogen-bond acceptors (Lipinski definition) is 5. The molecule has 2 rings (SSSR count). The molecule has 1 aromatic heterocycles. The van der Waals surface area contributed by atoms with Gasteiger partial charge in [0, 0.05) is 31.3 Å². The minimum absolute atomic E-state index is 0.212. The van der Waals surface area contributed by atoms with E-state index in [0.717, 1.165) is 36.6 Å². The van der Waals surface area contributed by atoms with Crippen molar-refractivity contribution < 1.29 is 9.53 Å². The molecule has 0 bridgehead atoms. The number of carbonyl (C=O) groups is 1. The second-order valence-electron chi connectivity index (χ2n) is 6.28. The van der Waals surface area contributed by atoms with Gasteiger partial charge < -0.3 is 9.64 Å². The predicted octanol–water partition coefficient (Wildman–Crippen LogP) is 4.53. The van der Waals surface area contributed by atoms with E-state index in [1.807, 2.05) is 26.2 Å². The van der Waals surface area contributed by atoms with Crippen LogP contribution < -0.4 is 0 Å². The molecule has 23 heavy (non-hydrogen) atoms. The van der Waals surface area contributed by atoms with Crippen molar-refractivity contribution >= 4 is 29.0 Å². The van der Waals surface area contributed by atoms with Crippen LogP contribution in [-0.4, -0.2) is 34.7 Å². The maximum atomic E-state index is 12.0. The molecule has 1 aliphatic rings. The quantitative estimate of drug-likeness (QED) is 0.729. The fourth-order valence-corrected chi connectivity index (χ4v) is 3.43. The normalized spacial score (nSPS) is 15.4. The number of alkyl halides is 1. The lowest BCUT2D eigenvalue weighted by molar-refractivity contribution is 0.0205. The summed E-state index contributed by atoms with van der Waals surface area (Å²) in [5.41, 5.74) is 0.514. The Bertz CT molecular complexity index is 540. The van der Waals surface area contributed by atoms with Gasteiger partial charge in [-0.15, -0.1) is 22.9 Å². The minimum atomic E-state index is -0.432. The van der Waals surface area contributed by atoms with Gasteiger partial charge in [0.05, 0.1) is 22.7 Å². The fraction of sp³-hybridized carbons (Fsp3) is 0.688. The number of halogens is 1. The molecule has 7 heteroatoms. The standard InChI is InChI=1S/C14H21ClN2O2S.C2H3N/c1-14(2,3)19-13(18)17-6-4-10(5-7-17)12-16-11(8-15)9-20-12;1-2-3/h9-10H,4-8H2,1-3H3;1H3. The highest BCUT2D eigenvalue weighted by atomic mass is 35.5. The Kier molecular flexibility index (Phi) is 7.80. The van der Waals surface area contributed by atoms with Gasteiger partial charge in [0.2, 0.25) is 0 Å². The van der Waals surface area contributed by atoms with Crippen LogP contribution in [0.15, 0.2) is 5.38 Å². The maximum Gasteiger partial charge on any atom is 0.410 e. The van der Waals surface area contributed by atoms with Crippen LogP contribution in [0.3, 0.4) is 0 Å². The molecular formula is C16H24ClN3O2S. The third kappa shape index (κ3) is 6.76. The van der Waals surface area contributed by atoms with E-state index in [1.165, 1.54) is 6.92 Å². The second-order valence-corrected chi connectivity index (χ2v) is 7.43. The predicted molar refractivity (Wildman–Crippen MR) is 92.7 cm³/mol. The van der Waals surface area contributed by atoms with Crippen molar-refractivity contribution in [1.29, 1.82) is 5.26 Å². The molecule has 0 aliphatic carbocycles. The van der Waals surface area contributed by atoms with Gasteiger partial charge >= 0.3 is 6.09 Å². The molecule has 0 unspecified atom stereocenters. The largest absolute Gasteiger partial charge is 0.444 e. The Hall–Kier alpha value is -1.32. The molecule has 0 aromatic carbocycles. The molecule has 0 spiro atoms. The van der Waals surface area contributed by atoms with E-state index < -0.39 is 5.60 Å². The van der Waals surface area contributed by atoms with Gasteiger partial charge in [0.15, 0.2) is 0 Å². The number of ether oxygens (including phenoxy) is 1. The number of amides is 1. The van der Waals surface area contributed by atoms with Crippen molar-refractivity contribution in [2.24, 2.45) is 0 Å². The molecule has 1 fully saturated rings. The third-order valence-corrected chi connectivity index (χ3v) is 4.53. The van der Waals surface area contributed by atoms with Gasteiger partial charge in [-0.05, 0) is 33.6 Å². The molecule has 0 atom stereocenters. The molecule has 1 amide bonds. The van der Waals surface area contributed by atoms with E-state index in [9.17, 15) is 4.79 Å². The number of piperidine rings is 1. The number of thiazole rings is 1. The smallest absolute Gasteiger partial charge is 0.410 e. The van der Waals surface area contributed by atoms with Gasteiger partial charge in [0.25, 0.3) is 0 Å². The lowest BCUT2D eigenvalue weighted by Crippen LogP contribution is -2.41. The van der Waals surface area contributed by atoms with Crippen LogP contribution in [0, 0.1) is 11.3 Å². The van der Waals surface area contributed by atoms with E-state index in [-0.39, 0.29) is 6.09 Å². The first-order valence-corrected chi connectivity index (χ1v) is 9.01. The maximum absolute atomic E-state index is 12.0. The van der Waals surface area contributed by atoms with Gasteiger partial charge in [0.1, 0.15) is 5.60 Å². The van der Waals surface area contributed by atoms with Crippen LogP contribution in [0.1, 0.15) is 57.2 Å². The number of nitrogens with zero attached hydrogens (tertiary/aromatic N) is 3. The van der Waals surface area contributed by atoms with Crippen molar-refractivity contribution in [1.82, 2.24) is 9.88 Å². The third-order valence-electron chi connectivity index (χ3n) is 3.20. The summed E-state index contributed by atoms with van der Waals surface area (Å²) < 4.78 is 5.40. The van der Waals surface area contributed by atoms with Crippen LogP contribution in [-0.2, 0) is 10.6 Å². The summed E-state index contributed by atoms with van der Waals surface area (Å²) in [5, 5.41) is 10.5. The summed E-state index contributed by atoms with van der Waals surface area (Å²) in [4.78, 5) is 18.3. The zero-order chi connectivity index (χ0) is 17.5. The first-order valence-electron chi connectivity index (χ1n) is 7.59. The summed E-state index contributed by atoms with van der Waals surface area (Å²) in [7, 11) is 0. The van der Waals surface area contributed by atoms with Crippen LogP contribution in [0.5, 0.6) is 0 Å². The van der Waals surface area contributed by atoms with Crippen LogP contribution in [0.4, 0.5) is 4.79 Å². The zero-order valence-electron chi connectivity index (χ0n) is 14.1. The van der Waals surface area contributed by atoms with Crippen molar-refractivity contribution in [3.63, 3.8) is 0 Å². The minimum Gasteiger partial charge on any atom is -0.444 e. The average molecular weight is 358 g/mol. The van der Waals surface area contributed by atoms with E-state index in [4.69, 9.17) is 21.6 Å². The molecular weight excluding hydrogens is 334 g/mol. The van der Waals surface area contributed by atoms with Crippen molar-refractivity contribution in [3.05, 3.63) is 16.1 Å². The van der Waals surface area contributed by atoms with Crippen molar-refractivity contribution in [2.75, 3.05) is 13.1 Å². The molecule has 1 aliphatic heterocycles. The Balaban J connectivity index is 0.000000816. The highest BCUT2D eigenvalue weighted by molar-refractivity contribution is 7.09. The first kappa shape index (κ1) is 19.7. The Morgan fingerprint density at radius 2 is 2.09 bits per heavy atom. The van der Waals surface area contributed by atoms with E-state index in [1.54, 1.807) is 22.3 Å². The SMILES string of the molecule is CC#N.CC(C)(C)OC(=O)N1CCC(c2nc(CCl)cs2)CC1. The second kappa shape index (κ2) is 9.09. The number of rotatable bonds is 2. The van der Waals surface area contributed by atoms with Crippen LogP contribution >= 0.6 is 22.9 Å². The summed E-state index contributed by atoms with van der Waals surface area (Å²) in [6, 6.07) is 1.75. The zero-order valence-corrected chi connectivity index (χ0v) is 15.7. The molecule has 0 saturated carbocycles. The molecule has 1 saturated heterocycles. The number of nitriles is 1. The molecule has 128 valence electrons. The number of carbonyl (C=O) groups excluding carboxylic acids is 1. The Labute approximate surface area is 147 Å². The number of hydrogen-bond donors (Lipinski definition) is 0. The van der Waals surface area contributed by atoms with Crippen LogP contribution in [0.2, 0.25) is 0 Å².